The lowest BCUT2D eigenvalue weighted by Gasteiger charge is -2.05. The Kier molecular flexibility index (Phi) is 1.51. The molecule has 0 aromatic heterocycles. The highest BCUT2D eigenvalue weighted by molar-refractivity contribution is 5.63. The van der Waals surface area contributed by atoms with Gasteiger partial charge in [0.15, 0.2) is 0 Å². The van der Waals surface area contributed by atoms with Crippen molar-refractivity contribution in [1.82, 2.24) is 5.43 Å². The zero-order valence-electron chi connectivity index (χ0n) is 6.21. The molecule has 1 aromatic carbocycles. The monoisotopic (exact) mass is 186 g/mol. The fourth-order valence-electron chi connectivity index (χ4n) is 0.983. The summed E-state index contributed by atoms with van der Waals surface area (Å²) in [6, 6.07) is 3.13. The molecule has 0 N–H and O–H groups in total. The third-order valence-electron chi connectivity index (χ3n) is 1.61. The van der Waals surface area contributed by atoms with Crippen molar-refractivity contribution in [2.75, 3.05) is 0 Å². The molecule has 1 radical (unpaired) electrons. The van der Waals surface area contributed by atoms with E-state index in [1.54, 1.807) is 0 Å². The number of halogens is 3. The average molecular weight is 186 g/mol. The lowest BCUT2D eigenvalue weighted by molar-refractivity contribution is -0.137. The number of fused-ring (bicyclic) bond motifs is 1. The van der Waals surface area contributed by atoms with Crippen LogP contribution in [0.4, 0.5) is 24.5 Å². The number of alkyl halides is 3. The van der Waals surface area contributed by atoms with E-state index >= 15 is 0 Å². The summed E-state index contributed by atoms with van der Waals surface area (Å²) in [5, 5.41) is 6.69. The zero-order valence-corrected chi connectivity index (χ0v) is 6.21. The number of hydrogen-bond acceptors (Lipinski definition) is 2. The van der Waals surface area contributed by atoms with Crippen molar-refractivity contribution in [2.24, 2.45) is 10.3 Å². The van der Waals surface area contributed by atoms with Gasteiger partial charge in [-0.1, -0.05) is 0 Å². The van der Waals surface area contributed by atoms with Gasteiger partial charge in [0.2, 0.25) is 0 Å². The fraction of sp³-hybridized carbons (Fsp3) is 0.143. The highest BCUT2D eigenvalue weighted by atomic mass is 19.4. The second-order valence-corrected chi connectivity index (χ2v) is 2.49. The van der Waals surface area contributed by atoms with E-state index in [1.807, 2.05) is 0 Å². The first-order valence-corrected chi connectivity index (χ1v) is 3.40. The van der Waals surface area contributed by atoms with Crippen LogP contribution in [0.1, 0.15) is 5.56 Å². The molecule has 2 rings (SSSR count). The van der Waals surface area contributed by atoms with Gasteiger partial charge in [0.1, 0.15) is 11.4 Å². The molecule has 1 aliphatic rings. The molecule has 0 fully saturated rings. The maximum Gasteiger partial charge on any atom is 0.416 e. The highest BCUT2D eigenvalue weighted by Gasteiger charge is 2.31. The quantitative estimate of drug-likeness (QED) is 0.597. The van der Waals surface area contributed by atoms with Gasteiger partial charge in [-0.05, 0) is 23.4 Å². The standard InChI is InChI=1S/C7H3F3N3/c8-7(9,10)4-1-2-5-6(3-4)12-13-11-5/h1-3H. The van der Waals surface area contributed by atoms with Crippen LogP contribution in [0.15, 0.2) is 28.5 Å². The summed E-state index contributed by atoms with van der Waals surface area (Å²) in [6.07, 6.45) is -4.34. The van der Waals surface area contributed by atoms with E-state index < -0.39 is 11.7 Å². The Morgan fingerprint density at radius 1 is 1.08 bits per heavy atom. The molecule has 0 atom stereocenters. The van der Waals surface area contributed by atoms with Crippen molar-refractivity contribution >= 4 is 11.4 Å². The molecule has 67 valence electrons. The summed E-state index contributed by atoms with van der Waals surface area (Å²) in [5.74, 6) is 0. The molecule has 0 saturated carbocycles. The Labute approximate surface area is 71.3 Å². The van der Waals surface area contributed by atoms with Crippen LogP contribution in [0.25, 0.3) is 0 Å². The van der Waals surface area contributed by atoms with E-state index in [0.29, 0.717) is 5.69 Å². The first-order chi connectivity index (χ1) is 6.07. The predicted octanol–water partition coefficient (Wildman–Crippen LogP) is 2.95. The molecule has 0 bridgehead atoms. The Hall–Kier alpha value is -1.59. The van der Waals surface area contributed by atoms with E-state index in [1.165, 1.54) is 6.07 Å². The Morgan fingerprint density at radius 3 is 2.54 bits per heavy atom. The van der Waals surface area contributed by atoms with Crippen molar-refractivity contribution in [3.63, 3.8) is 0 Å². The predicted molar refractivity (Wildman–Crippen MR) is 37.8 cm³/mol. The maximum atomic E-state index is 12.2. The van der Waals surface area contributed by atoms with Crippen molar-refractivity contribution < 1.29 is 13.2 Å². The van der Waals surface area contributed by atoms with E-state index in [9.17, 15) is 13.2 Å². The molecule has 0 saturated heterocycles. The minimum atomic E-state index is -4.34. The van der Waals surface area contributed by atoms with Gasteiger partial charge in [-0.15, -0.1) is 10.5 Å². The van der Waals surface area contributed by atoms with Crippen LogP contribution in [-0.4, -0.2) is 0 Å². The first kappa shape index (κ1) is 8.03. The van der Waals surface area contributed by atoms with Crippen LogP contribution in [0, 0.1) is 0 Å². The molecule has 1 aromatic rings. The van der Waals surface area contributed by atoms with Crippen molar-refractivity contribution in [3.8, 4) is 0 Å². The number of benzene rings is 1. The molecule has 6 heteroatoms. The SMILES string of the molecule is FC(F)(F)c1ccc2c(c1)N=N[N]2. The molecule has 0 aliphatic carbocycles. The molecule has 13 heavy (non-hydrogen) atoms. The third-order valence-corrected chi connectivity index (χ3v) is 1.61. The molecule has 0 unspecified atom stereocenters. The van der Waals surface area contributed by atoms with Crippen LogP contribution >= 0.6 is 0 Å². The average Bonchev–Trinajstić information content (AvgIpc) is 2.47. The van der Waals surface area contributed by atoms with E-state index in [0.717, 1.165) is 12.1 Å². The van der Waals surface area contributed by atoms with Gasteiger partial charge in [-0.2, -0.15) is 13.2 Å². The van der Waals surface area contributed by atoms with Gasteiger partial charge < -0.3 is 0 Å². The maximum absolute atomic E-state index is 12.2. The molecular weight excluding hydrogens is 183 g/mol. The summed E-state index contributed by atoms with van der Waals surface area (Å²) in [6.45, 7) is 0. The molecule has 0 spiro atoms. The largest absolute Gasteiger partial charge is 0.416 e. The lowest BCUT2D eigenvalue weighted by atomic mass is 10.2. The van der Waals surface area contributed by atoms with Crippen molar-refractivity contribution in [2.45, 2.75) is 6.18 Å². The fourth-order valence-corrected chi connectivity index (χ4v) is 0.983. The van der Waals surface area contributed by atoms with Gasteiger partial charge in [-0.25, -0.2) is 0 Å². The summed E-state index contributed by atoms with van der Waals surface area (Å²) >= 11 is 0. The van der Waals surface area contributed by atoms with E-state index in [2.05, 4.69) is 15.8 Å². The summed E-state index contributed by atoms with van der Waals surface area (Å²) in [4.78, 5) is 0. The van der Waals surface area contributed by atoms with Crippen LogP contribution in [0.2, 0.25) is 0 Å². The zero-order chi connectivity index (χ0) is 9.47. The summed E-state index contributed by atoms with van der Waals surface area (Å²) < 4.78 is 36.5. The second-order valence-electron chi connectivity index (χ2n) is 2.49. The van der Waals surface area contributed by atoms with Crippen molar-refractivity contribution in [3.05, 3.63) is 23.8 Å². The minimum absolute atomic E-state index is 0.162. The van der Waals surface area contributed by atoms with Crippen molar-refractivity contribution in [1.29, 1.82) is 0 Å². The Morgan fingerprint density at radius 2 is 1.85 bits per heavy atom. The summed E-state index contributed by atoms with van der Waals surface area (Å²) in [7, 11) is 0. The number of hydrogen-bond donors (Lipinski definition) is 0. The first-order valence-electron chi connectivity index (χ1n) is 3.40. The second kappa shape index (κ2) is 2.45. The van der Waals surface area contributed by atoms with Gasteiger partial charge in [0.25, 0.3) is 0 Å². The molecule has 1 aliphatic heterocycles. The number of rotatable bonds is 0. The van der Waals surface area contributed by atoms with Crippen LogP contribution in [0.3, 0.4) is 0 Å². The smallest absolute Gasteiger partial charge is 0.166 e. The van der Waals surface area contributed by atoms with Gasteiger partial charge >= 0.3 is 6.18 Å². The molecule has 0 amide bonds. The van der Waals surface area contributed by atoms with Gasteiger partial charge in [0.05, 0.1) is 5.56 Å². The van der Waals surface area contributed by atoms with Gasteiger partial charge in [0, 0.05) is 0 Å². The molecule has 3 nitrogen and oxygen atoms in total. The number of nitrogens with zero attached hydrogens (tertiary/aromatic N) is 3. The van der Waals surface area contributed by atoms with E-state index in [-0.39, 0.29) is 5.69 Å². The van der Waals surface area contributed by atoms with Gasteiger partial charge in [-0.3, -0.25) is 0 Å². The van der Waals surface area contributed by atoms with Crippen LogP contribution in [-0.2, 0) is 6.18 Å². The normalized spacial score (nSPS) is 14.1. The highest BCUT2D eigenvalue weighted by Crippen LogP contribution is 2.37. The summed E-state index contributed by atoms with van der Waals surface area (Å²) in [5.41, 5.74) is 3.31. The Bertz CT molecular complexity index is 370. The Balaban J connectivity index is 2.47. The molecule has 1 heterocycles. The van der Waals surface area contributed by atoms with Crippen LogP contribution in [0.5, 0.6) is 0 Å². The lowest BCUT2D eigenvalue weighted by Crippen LogP contribution is -2.03. The molecular formula is C7H3F3N3. The minimum Gasteiger partial charge on any atom is -0.166 e. The van der Waals surface area contributed by atoms with E-state index in [4.69, 9.17) is 0 Å². The van der Waals surface area contributed by atoms with Crippen LogP contribution < -0.4 is 5.43 Å². The third kappa shape index (κ3) is 1.34. The topological polar surface area (TPSA) is 38.8 Å².